The molecule has 123 valence electrons. The molecule has 0 amide bonds. The van der Waals surface area contributed by atoms with Gasteiger partial charge in [0.05, 0.1) is 0 Å². The van der Waals surface area contributed by atoms with Crippen LogP contribution in [0.4, 0.5) is 0 Å². The Kier molecular flexibility index (Phi) is 8.24. The molecule has 0 aromatic rings. The van der Waals surface area contributed by atoms with Gasteiger partial charge in [-0.05, 0) is 72.0 Å². The first kappa shape index (κ1) is 23.2. The van der Waals surface area contributed by atoms with Gasteiger partial charge in [-0.2, -0.15) is 0 Å². The van der Waals surface area contributed by atoms with Crippen molar-refractivity contribution >= 4 is 43.0 Å². The molecule has 10 heteroatoms. The maximum absolute atomic E-state index is 6.20. The van der Waals surface area contributed by atoms with Gasteiger partial charge in [-0.3, -0.25) is 0 Å². The van der Waals surface area contributed by atoms with E-state index in [2.05, 4.69) is 72.0 Å². The van der Waals surface area contributed by atoms with Crippen molar-refractivity contribution in [3.8, 4) is 0 Å². The van der Waals surface area contributed by atoms with Gasteiger partial charge in [0.1, 0.15) is 0 Å². The minimum absolute atomic E-state index is 0. The predicted molar refractivity (Wildman–Crippen MR) is 97.6 cm³/mol. The first-order valence-corrected chi connectivity index (χ1v) is 21.4. The van der Waals surface area contributed by atoms with E-state index in [1.165, 1.54) is 0 Å². The summed E-state index contributed by atoms with van der Waals surface area (Å²) < 4.78 is 24.7. The normalized spacial score (nSPS) is 14.3. The summed E-state index contributed by atoms with van der Waals surface area (Å²) in [5, 5.41) is 0. The van der Waals surface area contributed by atoms with E-state index < -0.39 is 43.0 Å². The van der Waals surface area contributed by atoms with Crippen LogP contribution in [0.5, 0.6) is 0 Å². The molecule has 0 aliphatic heterocycles. The zero-order chi connectivity index (χ0) is 16.4. The standard InChI is InChI=1S/C11H33O4Si5.Rf/c1-16(12-19(8,9)14-17(2,3)4)13-20(10,11)15-18(5,6)7;/h1-11H3;. The van der Waals surface area contributed by atoms with Crippen molar-refractivity contribution in [3.05, 3.63) is 0 Å². The molecule has 0 aromatic carbocycles. The van der Waals surface area contributed by atoms with Gasteiger partial charge < -0.3 is 16.5 Å². The summed E-state index contributed by atoms with van der Waals surface area (Å²) >= 11 is 0. The van der Waals surface area contributed by atoms with Crippen LogP contribution in [0.3, 0.4) is 0 Å². The van der Waals surface area contributed by atoms with Gasteiger partial charge in [0.15, 0.2) is 16.6 Å². The molecule has 0 saturated heterocycles. The second-order valence-corrected chi connectivity index (χ2v) is 26.2. The molecule has 4 nitrogen and oxygen atoms in total. The summed E-state index contributed by atoms with van der Waals surface area (Å²) in [5.74, 6) is 0. The minimum atomic E-state index is -2.10. The second-order valence-electron chi connectivity index (χ2n) is 7.92. The molecule has 0 aromatic heterocycles. The van der Waals surface area contributed by atoms with Crippen LogP contribution in [0, 0.1) is 0 Å². The largest absolute Gasteiger partial charge is 0.437 e. The van der Waals surface area contributed by atoms with E-state index in [0.29, 0.717) is 0 Å². The van der Waals surface area contributed by atoms with E-state index in [1.807, 2.05) is 0 Å². The third-order valence-corrected chi connectivity index (χ3v) is 16.9. The fraction of sp³-hybridized carbons (Fsp3) is 1.00. The fourth-order valence-corrected chi connectivity index (χ4v) is 21.2. The van der Waals surface area contributed by atoms with Gasteiger partial charge >= 0.3 is 26.4 Å². The molecule has 0 bridgehead atoms. The Hall–Kier alpha value is -0.0756. The van der Waals surface area contributed by atoms with Gasteiger partial charge in [0.25, 0.3) is 0 Å². The van der Waals surface area contributed by atoms with E-state index in [9.17, 15) is 0 Å². The van der Waals surface area contributed by atoms with Crippen molar-refractivity contribution in [2.45, 2.75) is 72.0 Å². The maximum Gasteiger partial charge on any atom is 0.362 e. The summed E-state index contributed by atoms with van der Waals surface area (Å²) in [6.07, 6.45) is 0. The predicted octanol–water partition coefficient (Wildman–Crippen LogP) is 4.24. The Bertz CT molecular complexity index is 285. The molecule has 0 atom stereocenters. The Morgan fingerprint density at radius 3 is 1.00 bits per heavy atom. The van der Waals surface area contributed by atoms with Crippen molar-refractivity contribution in [2.75, 3.05) is 0 Å². The first-order chi connectivity index (χ1) is 8.52. The summed E-state index contributed by atoms with van der Waals surface area (Å²) in [7, 11) is -8.67. The molecule has 0 unspecified atom stereocenters. The van der Waals surface area contributed by atoms with E-state index in [0.717, 1.165) is 0 Å². The molecule has 0 aliphatic carbocycles. The van der Waals surface area contributed by atoms with Crippen LogP contribution in [0.25, 0.3) is 0 Å². The van der Waals surface area contributed by atoms with Gasteiger partial charge in [-0.15, -0.1) is 0 Å². The average Bonchev–Trinajstić information content (AvgIpc) is 1.86. The summed E-state index contributed by atoms with van der Waals surface area (Å²) in [6.45, 7) is 23.7. The van der Waals surface area contributed by atoms with Crippen LogP contribution >= 0.6 is 0 Å². The molecule has 0 heterocycles. The van der Waals surface area contributed by atoms with E-state index in [-0.39, 0.29) is 0 Å². The molecule has 0 fully saturated rings. The molecule has 0 saturated carbocycles. The SMILES string of the molecule is C[Si](O[Si](C)(C)O[Si](C)(C)C)O[Si](C)(C)O[Si](C)(C)C.[Rf]. The number of hydrogen-bond donors (Lipinski definition) is 0. The maximum atomic E-state index is 6.20. The van der Waals surface area contributed by atoms with E-state index in [1.54, 1.807) is 0 Å². The van der Waals surface area contributed by atoms with Crippen molar-refractivity contribution in [1.29, 1.82) is 0 Å². The van der Waals surface area contributed by atoms with Crippen LogP contribution in [0.15, 0.2) is 0 Å². The Morgan fingerprint density at radius 1 is 0.571 bits per heavy atom. The molecule has 0 spiro atoms. The minimum Gasteiger partial charge on any atom is -0.437 e. The Labute approximate surface area is 131 Å². The fourth-order valence-electron chi connectivity index (χ4n) is 2.23. The Morgan fingerprint density at radius 2 is 0.810 bits per heavy atom. The summed E-state index contributed by atoms with van der Waals surface area (Å²) in [4.78, 5) is 0. The van der Waals surface area contributed by atoms with Crippen LogP contribution in [-0.2, 0) is 16.5 Å². The van der Waals surface area contributed by atoms with E-state index >= 15 is 0 Å². The Balaban J connectivity index is 0. The molecule has 0 rings (SSSR count). The molecular weight excluding hydrogens is 604 g/mol. The second kappa shape index (κ2) is 7.46. The third kappa shape index (κ3) is 13.3. The summed E-state index contributed by atoms with van der Waals surface area (Å²) in [6, 6.07) is 0. The monoisotopic (exact) mass is 636 g/mol. The zero-order valence-corrected chi connectivity index (χ0v) is 27.2. The van der Waals surface area contributed by atoms with Crippen LogP contribution in [-0.4, -0.2) is 43.0 Å². The molecule has 1 radical (unpaired) electrons. The number of hydrogen-bond acceptors (Lipinski definition) is 4. The van der Waals surface area contributed by atoms with E-state index in [4.69, 9.17) is 16.5 Å². The molecule has 0 N–H and O–H groups in total. The van der Waals surface area contributed by atoms with Crippen molar-refractivity contribution < 1.29 is 16.5 Å². The first-order valence-electron chi connectivity index (χ1n) is 7.13. The molecule has 0 aliphatic rings. The van der Waals surface area contributed by atoms with Gasteiger partial charge in [-0.1, -0.05) is 0 Å². The van der Waals surface area contributed by atoms with Crippen molar-refractivity contribution in [2.24, 2.45) is 0 Å². The van der Waals surface area contributed by atoms with Crippen LogP contribution in [0.2, 0.25) is 72.0 Å². The van der Waals surface area contributed by atoms with Crippen LogP contribution < -0.4 is 0 Å². The van der Waals surface area contributed by atoms with Gasteiger partial charge in [0.2, 0.25) is 0 Å². The molecular formula is C11H33O4RfSi5. The average molecular weight is 637 g/mol. The summed E-state index contributed by atoms with van der Waals surface area (Å²) in [5.41, 5.74) is 0. The van der Waals surface area contributed by atoms with Gasteiger partial charge in [-0.25, -0.2) is 0 Å². The topological polar surface area (TPSA) is 36.9 Å². The third-order valence-electron chi connectivity index (χ3n) is 1.88. The van der Waals surface area contributed by atoms with Crippen molar-refractivity contribution in [1.82, 2.24) is 0 Å². The van der Waals surface area contributed by atoms with Crippen LogP contribution in [0.1, 0.15) is 0 Å². The quantitative estimate of drug-likeness (QED) is 0.374. The zero-order valence-electron chi connectivity index (χ0n) is 15.8. The van der Waals surface area contributed by atoms with Gasteiger partial charge in [0, 0.05) is 0 Å². The van der Waals surface area contributed by atoms with Crippen molar-refractivity contribution in [3.63, 3.8) is 0 Å². The number of rotatable bonds is 8. The molecule has 21 heavy (non-hydrogen) atoms. The smallest absolute Gasteiger partial charge is 0.362 e.